The van der Waals surface area contributed by atoms with Gasteiger partial charge in [0.1, 0.15) is 5.78 Å². The molecule has 0 spiro atoms. The van der Waals surface area contributed by atoms with E-state index in [0.717, 1.165) is 37.8 Å². The lowest BCUT2D eigenvalue weighted by molar-refractivity contribution is -0.138. The summed E-state index contributed by atoms with van der Waals surface area (Å²) in [5, 5.41) is 11.3. The van der Waals surface area contributed by atoms with E-state index < -0.39 is 0 Å². The van der Waals surface area contributed by atoms with Crippen LogP contribution in [-0.4, -0.2) is 42.5 Å². The van der Waals surface area contributed by atoms with E-state index in [0.29, 0.717) is 24.0 Å². The molecule has 1 aromatic rings. The molecule has 4 bridgehead atoms. The van der Waals surface area contributed by atoms with Crippen molar-refractivity contribution in [2.45, 2.75) is 57.4 Å². The van der Waals surface area contributed by atoms with Gasteiger partial charge in [-0.05, 0) is 64.8 Å². The van der Waals surface area contributed by atoms with Crippen molar-refractivity contribution >= 4 is 5.78 Å². The van der Waals surface area contributed by atoms with Crippen LogP contribution in [0.4, 0.5) is 0 Å². The number of likely N-dealkylation sites (N-methyl/N-ethyl adjacent to an activating group) is 1. The Bertz CT molecular complexity index is 884. The molecule has 4 atom stereocenters. The highest BCUT2D eigenvalue weighted by atomic mass is 16.5. The molecule has 4 nitrogen and oxygen atoms in total. The molecule has 0 radical (unpaired) electrons. The predicted molar refractivity (Wildman–Crippen MR) is 104 cm³/mol. The Labute approximate surface area is 161 Å². The summed E-state index contributed by atoms with van der Waals surface area (Å²) < 4.78 is 5.48. The Morgan fingerprint density at radius 1 is 1.30 bits per heavy atom. The lowest BCUT2D eigenvalue weighted by Crippen LogP contribution is -2.67. The molecule has 1 N–H and O–H groups in total. The van der Waals surface area contributed by atoms with Crippen molar-refractivity contribution in [1.82, 2.24) is 4.90 Å². The number of hydrogen-bond acceptors (Lipinski definition) is 4. The molecule has 27 heavy (non-hydrogen) atoms. The van der Waals surface area contributed by atoms with E-state index in [4.69, 9.17) is 4.74 Å². The van der Waals surface area contributed by atoms with Crippen molar-refractivity contribution in [3.63, 3.8) is 0 Å². The van der Waals surface area contributed by atoms with Crippen LogP contribution in [0.2, 0.25) is 0 Å². The SMILES string of the molecule is COc1ccc2c(c1O)[C@]13CCN(C)[C@@H](C2)[C@]12CCC(=O)[C@H]3C(=C(C)C)C2. The summed E-state index contributed by atoms with van der Waals surface area (Å²) in [6, 6.07) is 4.43. The van der Waals surface area contributed by atoms with Crippen molar-refractivity contribution in [2.24, 2.45) is 11.3 Å². The number of benzene rings is 1. The fraction of sp³-hybridized carbons (Fsp3) is 0.609. The van der Waals surface area contributed by atoms with E-state index in [9.17, 15) is 9.90 Å². The first-order chi connectivity index (χ1) is 12.9. The first-order valence-electron chi connectivity index (χ1n) is 10.2. The first kappa shape index (κ1) is 17.3. The van der Waals surface area contributed by atoms with E-state index in [1.807, 2.05) is 6.07 Å². The monoisotopic (exact) mass is 367 g/mol. The van der Waals surface area contributed by atoms with E-state index in [1.54, 1.807) is 7.11 Å². The van der Waals surface area contributed by atoms with E-state index in [2.05, 4.69) is 31.9 Å². The van der Waals surface area contributed by atoms with Gasteiger partial charge in [0.25, 0.3) is 0 Å². The summed E-state index contributed by atoms with van der Waals surface area (Å²) in [6.45, 7) is 5.29. The summed E-state index contributed by atoms with van der Waals surface area (Å²) in [7, 11) is 3.85. The molecule has 5 rings (SSSR count). The number of fused-ring (bicyclic) bond motifs is 1. The van der Waals surface area contributed by atoms with Crippen LogP contribution >= 0.6 is 0 Å². The topological polar surface area (TPSA) is 49.8 Å². The number of nitrogens with zero attached hydrogens (tertiary/aromatic N) is 1. The molecule has 144 valence electrons. The highest BCUT2D eigenvalue weighted by Crippen LogP contribution is 2.74. The zero-order valence-electron chi connectivity index (χ0n) is 16.8. The lowest BCUT2D eigenvalue weighted by Gasteiger charge is -2.64. The lowest BCUT2D eigenvalue weighted by atomic mass is 9.44. The molecule has 1 aliphatic heterocycles. The van der Waals surface area contributed by atoms with Crippen molar-refractivity contribution in [3.8, 4) is 11.5 Å². The number of allylic oxidation sites excluding steroid dienone is 2. The maximum Gasteiger partial charge on any atom is 0.161 e. The number of carbonyl (C=O) groups excluding carboxylic acids is 1. The maximum atomic E-state index is 13.3. The molecule has 2 saturated carbocycles. The molecule has 0 amide bonds. The highest BCUT2D eigenvalue weighted by molar-refractivity contribution is 5.90. The zero-order chi connectivity index (χ0) is 19.1. The van der Waals surface area contributed by atoms with Crippen molar-refractivity contribution in [3.05, 3.63) is 34.4 Å². The summed E-state index contributed by atoms with van der Waals surface area (Å²) in [4.78, 5) is 15.8. The number of Topliss-reactive ketones (excluding diaryl/α,β-unsaturated/α-hetero) is 1. The van der Waals surface area contributed by atoms with Gasteiger partial charge in [-0.2, -0.15) is 0 Å². The molecule has 0 aromatic heterocycles. The minimum Gasteiger partial charge on any atom is -0.504 e. The number of piperidine rings is 1. The molecule has 3 fully saturated rings. The second kappa shape index (κ2) is 5.38. The van der Waals surface area contributed by atoms with Crippen molar-refractivity contribution in [1.29, 1.82) is 0 Å². The molecular formula is C23H29NO3. The van der Waals surface area contributed by atoms with E-state index >= 15 is 0 Å². The summed E-state index contributed by atoms with van der Waals surface area (Å²) >= 11 is 0. The molecule has 4 heteroatoms. The largest absolute Gasteiger partial charge is 0.504 e. The van der Waals surface area contributed by atoms with Gasteiger partial charge in [0.15, 0.2) is 11.5 Å². The maximum absolute atomic E-state index is 13.3. The Morgan fingerprint density at radius 2 is 2.07 bits per heavy atom. The first-order valence-corrected chi connectivity index (χ1v) is 10.2. The molecular weight excluding hydrogens is 338 g/mol. The quantitative estimate of drug-likeness (QED) is 0.771. The smallest absolute Gasteiger partial charge is 0.161 e. The van der Waals surface area contributed by atoms with Crippen LogP contribution in [0.15, 0.2) is 23.3 Å². The van der Waals surface area contributed by atoms with Gasteiger partial charge in [0.05, 0.1) is 7.11 Å². The second-order valence-corrected chi connectivity index (χ2v) is 9.33. The minimum absolute atomic E-state index is 0.0437. The van der Waals surface area contributed by atoms with Gasteiger partial charge in [0.2, 0.25) is 0 Å². The fourth-order valence-electron chi connectivity index (χ4n) is 7.35. The average Bonchev–Trinajstić information content (AvgIpc) is 2.87. The van der Waals surface area contributed by atoms with Crippen LogP contribution < -0.4 is 4.74 Å². The van der Waals surface area contributed by atoms with Gasteiger partial charge in [-0.1, -0.05) is 17.2 Å². The number of ether oxygens (including phenoxy) is 1. The Morgan fingerprint density at radius 3 is 2.78 bits per heavy atom. The molecule has 1 heterocycles. The third-order valence-corrected chi connectivity index (χ3v) is 8.35. The summed E-state index contributed by atoms with van der Waals surface area (Å²) in [6.07, 6.45) is 4.48. The number of rotatable bonds is 1. The standard InChI is InChI=1S/C23H29NO3/c1-13(2)15-12-22-8-7-16(25)20(15)23(22)9-10-24(3)18(22)11-14-5-6-17(27-4)21(26)19(14)23/h5-6,18,20,26H,7-12H2,1-4H3/t18-,20+,22+,23-/m0/s1. The van der Waals surface area contributed by atoms with E-state index in [-0.39, 0.29) is 22.5 Å². The number of phenolic OH excluding ortho intramolecular Hbond substituents is 1. The van der Waals surface area contributed by atoms with Gasteiger partial charge in [-0.25, -0.2) is 0 Å². The van der Waals surface area contributed by atoms with Crippen molar-refractivity contribution < 1.29 is 14.6 Å². The van der Waals surface area contributed by atoms with Crippen LogP contribution in [0, 0.1) is 11.3 Å². The van der Waals surface area contributed by atoms with Crippen LogP contribution in [-0.2, 0) is 16.6 Å². The van der Waals surface area contributed by atoms with Crippen LogP contribution in [0.5, 0.6) is 11.5 Å². The Hall–Kier alpha value is -1.81. The molecule has 4 aliphatic rings. The number of carbonyl (C=O) groups is 1. The number of aromatic hydroxyl groups is 1. The van der Waals surface area contributed by atoms with Gasteiger partial charge >= 0.3 is 0 Å². The Balaban J connectivity index is 1.89. The molecule has 0 unspecified atom stereocenters. The zero-order valence-corrected chi connectivity index (χ0v) is 16.8. The van der Waals surface area contributed by atoms with Crippen LogP contribution in [0.25, 0.3) is 0 Å². The van der Waals surface area contributed by atoms with Gasteiger partial charge < -0.3 is 14.7 Å². The third-order valence-electron chi connectivity index (χ3n) is 8.35. The molecule has 1 saturated heterocycles. The van der Waals surface area contributed by atoms with Crippen LogP contribution in [0.1, 0.15) is 50.7 Å². The van der Waals surface area contributed by atoms with Crippen molar-refractivity contribution in [2.75, 3.05) is 20.7 Å². The second-order valence-electron chi connectivity index (χ2n) is 9.33. The number of ketones is 1. The Kier molecular flexibility index (Phi) is 3.44. The third kappa shape index (κ3) is 1.81. The summed E-state index contributed by atoms with van der Waals surface area (Å²) in [5.41, 5.74) is 4.62. The molecule has 3 aliphatic carbocycles. The number of phenols is 1. The predicted octanol–water partition coefficient (Wildman–Crippen LogP) is 3.60. The fourth-order valence-corrected chi connectivity index (χ4v) is 7.35. The highest BCUT2D eigenvalue weighted by Gasteiger charge is 2.73. The van der Waals surface area contributed by atoms with Gasteiger partial charge in [0, 0.05) is 34.8 Å². The number of hydrogen-bond donors (Lipinski definition) is 1. The number of likely N-dealkylation sites (tertiary alicyclic amines) is 1. The van der Waals surface area contributed by atoms with E-state index in [1.165, 1.54) is 16.7 Å². The van der Waals surface area contributed by atoms with Gasteiger partial charge in [-0.3, -0.25) is 4.79 Å². The van der Waals surface area contributed by atoms with Gasteiger partial charge in [-0.15, -0.1) is 0 Å². The molecule has 1 aromatic carbocycles. The van der Waals surface area contributed by atoms with Crippen LogP contribution in [0.3, 0.4) is 0 Å². The summed E-state index contributed by atoms with van der Waals surface area (Å²) in [5.74, 6) is 1.10. The number of methoxy groups -OCH3 is 1. The average molecular weight is 367 g/mol. The normalized spacial score (nSPS) is 37.0. The minimum atomic E-state index is -0.279.